The number of fused-ring (bicyclic) bond motifs is 1. The highest BCUT2D eigenvalue weighted by atomic mass is 79.9. The maximum absolute atomic E-state index is 12.7. The second-order valence-corrected chi connectivity index (χ2v) is 8.82. The third-order valence-electron chi connectivity index (χ3n) is 5.55. The molecule has 0 radical (unpaired) electrons. The zero-order valence-corrected chi connectivity index (χ0v) is 20.3. The Kier molecular flexibility index (Phi) is 8.34. The second kappa shape index (κ2) is 11.0. The number of carbonyl (C=O) groups is 2. The van der Waals surface area contributed by atoms with Gasteiger partial charge >= 0.3 is 12.1 Å². The van der Waals surface area contributed by atoms with Crippen molar-refractivity contribution in [1.29, 1.82) is 0 Å². The van der Waals surface area contributed by atoms with Crippen molar-refractivity contribution in [2.75, 3.05) is 31.1 Å². The summed E-state index contributed by atoms with van der Waals surface area (Å²) in [6.45, 7) is 4.73. The number of hydrogen-bond donors (Lipinski definition) is 2. The summed E-state index contributed by atoms with van der Waals surface area (Å²) in [6, 6.07) is 13.5. The summed E-state index contributed by atoms with van der Waals surface area (Å²) in [5.74, 6) is -2.99. The fraction of sp³-hybridized carbons (Fsp3) is 0.292. The predicted molar refractivity (Wildman–Crippen MR) is 128 cm³/mol. The molecule has 1 aliphatic heterocycles. The second-order valence-electron chi connectivity index (χ2n) is 7.90. The molecule has 2 N–H and O–H groups in total. The average molecular weight is 554 g/mol. The third kappa shape index (κ3) is 6.49. The Hall–Kier alpha value is -3.18. The molecule has 0 spiro atoms. The Balaban J connectivity index is 0.000000429. The lowest BCUT2D eigenvalue weighted by molar-refractivity contribution is -0.192. The minimum absolute atomic E-state index is 0.236. The quantitative estimate of drug-likeness (QED) is 0.501. The van der Waals surface area contributed by atoms with E-state index in [1.165, 1.54) is 11.1 Å². The number of rotatable bonds is 3. The van der Waals surface area contributed by atoms with Crippen molar-refractivity contribution >= 4 is 44.3 Å². The van der Waals surface area contributed by atoms with Crippen LogP contribution in [0.2, 0.25) is 0 Å². The van der Waals surface area contributed by atoms with Crippen molar-refractivity contribution in [3.05, 3.63) is 70.5 Å². The molecule has 2 heterocycles. The first-order valence-corrected chi connectivity index (χ1v) is 11.4. The van der Waals surface area contributed by atoms with Gasteiger partial charge in [0.05, 0.1) is 0 Å². The number of hydrogen-bond acceptors (Lipinski definition) is 5. The number of carbonyl (C=O) groups excluding carboxylic acids is 1. The fourth-order valence-corrected chi connectivity index (χ4v) is 4.04. The van der Waals surface area contributed by atoms with E-state index in [0.29, 0.717) is 18.7 Å². The summed E-state index contributed by atoms with van der Waals surface area (Å²) in [5, 5.41) is 19.9. The molecule has 7 nitrogen and oxygen atoms in total. The molecule has 0 saturated carbocycles. The van der Waals surface area contributed by atoms with Gasteiger partial charge in [0.1, 0.15) is 0 Å². The van der Waals surface area contributed by atoms with Crippen LogP contribution in [0.3, 0.4) is 0 Å². The first-order chi connectivity index (χ1) is 16.5. The number of amides is 1. The average Bonchev–Trinajstić information content (AvgIpc) is 2.83. The number of nitrogens with zero attached hydrogens (tertiary/aromatic N) is 3. The van der Waals surface area contributed by atoms with Gasteiger partial charge in [-0.25, -0.2) is 4.79 Å². The number of alkyl halides is 3. The first-order valence-electron chi connectivity index (χ1n) is 10.6. The Morgan fingerprint density at radius 3 is 2.20 bits per heavy atom. The van der Waals surface area contributed by atoms with Crippen LogP contribution in [0.25, 0.3) is 10.8 Å². The summed E-state index contributed by atoms with van der Waals surface area (Å²) in [5.41, 5.74) is 2.95. The van der Waals surface area contributed by atoms with Crippen LogP contribution in [0.5, 0.6) is 0 Å². The molecule has 1 saturated heterocycles. The zero-order chi connectivity index (χ0) is 25.8. The molecule has 2 aromatic carbocycles. The van der Waals surface area contributed by atoms with Crippen molar-refractivity contribution in [1.82, 2.24) is 9.88 Å². The topological polar surface area (TPSA) is 94.0 Å². The Morgan fingerprint density at radius 2 is 1.63 bits per heavy atom. The van der Waals surface area contributed by atoms with Crippen molar-refractivity contribution in [2.24, 2.45) is 0 Å². The van der Waals surface area contributed by atoms with E-state index in [0.717, 1.165) is 28.5 Å². The summed E-state index contributed by atoms with van der Waals surface area (Å²) in [6.07, 6.45) is -2.43. The summed E-state index contributed by atoms with van der Waals surface area (Å²) >= 11 is 3.37. The van der Waals surface area contributed by atoms with E-state index in [2.05, 4.69) is 44.9 Å². The maximum Gasteiger partial charge on any atom is 0.490 e. The molecular weight excluding hydrogens is 531 g/mol. The number of benzene rings is 2. The number of aromatic nitrogens is 1. The molecule has 3 aromatic rings. The summed E-state index contributed by atoms with van der Waals surface area (Å²) < 4.78 is 32.7. The van der Waals surface area contributed by atoms with E-state index in [9.17, 15) is 23.1 Å². The number of aliphatic carboxylic acids is 1. The number of anilines is 1. The number of halogens is 4. The first kappa shape index (κ1) is 26.4. The van der Waals surface area contributed by atoms with Crippen LogP contribution < -0.4 is 4.90 Å². The molecule has 186 valence electrons. The van der Waals surface area contributed by atoms with Crippen molar-refractivity contribution < 1.29 is 33.0 Å². The van der Waals surface area contributed by atoms with Gasteiger partial charge in [0.2, 0.25) is 0 Å². The van der Waals surface area contributed by atoms with Crippen LogP contribution in [0.4, 0.5) is 18.9 Å². The van der Waals surface area contributed by atoms with Crippen LogP contribution in [-0.2, 0) is 9.59 Å². The monoisotopic (exact) mass is 553 g/mol. The lowest BCUT2D eigenvalue weighted by Gasteiger charge is -2.37. The Morgan fingerprint density at radius 1 is 1.03 bits per heavy atom. The molecule has 35 heavy (non-hydrogen) atoms. The van der Waals surface area contributed by atoms with Crippen molar-refractivity contribution in [3.8, 4) is 0 Å². The number of piperazine rings is 1. The van der Waals surface area contributed by atoms with Gasteiger partial charge in [0.15, 0.2) is 6.10 Å². The van der Waals surface area contributed by atoms with Crippen LogP contribution in [0, 0.1) is 6.92 Å². The van der Waals surface area contributed by atoms with Gasteiger partial charge in [-0.15, -0.1) is 0 Å². The number of aliphatic hydroxyl groups excluding tert-OH is 1. The van der Waals surface area contributed by atoms with E-state index in [-0.39, 0.29) is 5.91 Å². The van der Waals surface area contributed by atoms with E-state index in [1.807, 2.05) is 30.6 Å². The van der Waals surface area contributed by atoms with Crippen LogP contribution in [0.15, 0.2) is 59.3 Å². The van der Waals surface area contributed by atoms with E-state index in [4.69, 9.17) is 9.90 Å². The highest BCUT2D eigenvalue weighted by molar-refractivity contribution is 9.10. The highest BCUT2D eigenvalue weighted by Gasteiger charge is 2.38. The summed E-state index contributed by atoms with van der Waals surface area (Å²) in [4.78, 5) is 30.0. The molecule has 0 bridgehead atoms. The van der Waals surface area contributed by atoms with Gasteiger partial charge in [-0.3, -0.25) is 9.78 Å². The molecule has 1 amide bonds. The molecule has 1 unspecified atom stereocenters. The third-order valence-corrected chi connectivity index (χ3v) is 6.07. The maximum atomic E-state index is 12.7. The molecule has 1 aliphatic rings. The standard InChI is InChI=1S/C22H22BrN3O2.C2HF3O2/c1-15-13-24-14-17-3-2-4-19(20(15)17)25-9-11-26(12-10-25)22(28)21(27)16-5-7-18(23)8-6-16;3-2(4,5)1(6)7/h2-8,13-14,21,27H,9-12H2,1H3;(H,6,7). The minimum atomic E-state index is -5.08. The number of carboxylic acids is 1. The number of aryl methyl sites for hydroxylation is 1. The van der Waals surface area contributed by atoms with Crippen LogP contribution >= 0.6 is 15.9 Å². The van der Waals surface area contributed by atoms with Gasteiger partial charge in [-0.2, -0.15) is 13.2 Å². The molecular formula is C24H23BrF3N3O4. The fourth-order valence-electron chi connectivity index (χ4n) is 3.78. The van der Waals surface area contributed by atoms with Crippen molar-refractivity contribution in [2.45, 2.75) is 19.2 Å². The zero-order valence-electron chi connectivity index (χ0n) is 18.7. The lowest BCUT2D eigenvalue weighted by Crippen LogP contribution is -2.50. The molecule has 1 atom stereocenters. The highest BCUT2D eigenvalue weighted by Crippen LogP contribution is 2.30. The summed E-state index contributed by atoms with van der Waals surface area (Å²) in [7, 11) is 0. The van der Waals surface area contributed by atoms with E-state index < -0.39 is 18.2 Å². The molecule has 11 heteroatoms. The van der Waals surface area contributed by atoms with Crippen molar-refractivity contribution in [3.63, 3.8) is 0 Å². The number of pyridine rings is 1. The Bertz CT molecular complexity index is 1190. The van der Waals surface area contributed by atoms with Gasteiger partial charge in [-0.05, 0) is 36.2 Å². The largest absolute Gasteiger partial charge is 0.490 e. The predicted octanol–water partition coefficient (Wildman–Crippen LogP) is 4.32. The van der Waals surface area contributed by atoms with Gasteiger partial charge in [0.25, 0.3) is 5.91 Å². The number of carboxylic acid groups (broad SMARTS) is 1. The number of aliphatic hydroxyl groups is 1. The molecule has 4 rings (SSSR count). The minimum Gasteiger partial charge on any atom is -0.475 e. The molecule has 0 aliphatic carbocycles. The molecule has 1 aromatic heterocycles. The van der Waals surface area contributed by atoms with E-state index >= 15 is 0 Å². The van der Waals surface area contributed by atoms with Gasteiger partial charge < -0.3 is 20.0 Å². The van der Waals surface area contributed by atoms with Gasteiger partial charge in [-0.1, -0.05) is 40.2 Å². The lowest BCUT2D eigenvalue weighted by atomic mass is 10.0. The van der Waals surface area contributed by atoms with Crippen LogP contribution in [0.1, 0.15) is 17.2 Å². The Labute approximate surface area is 207 Å². The van der Waals surface area contributed by atoms with Crippen LogP contribution in [-0.4, -0.2) is 64.3 Å². The normalized spacial score (nSPS) is 14.8. The van der Waals surface area contributed by atoms with E-state index in [1.54, 1.807) is 17.0 Å². The SMILES string of the molecule is Cc1cncc2cccc(N3CCN(C(=O)C(O)c4ccc(Br)cc4)CC3)c12.O=C(O)C(F)(F)F. The molecule has 1 fully saturated rings. The van der Waals surface area contributed by atoms with Gasteiger partial charge in [0, 0.05) is 59.5 Å². The smallest absolute Gasteiger partial charge is 0.475 e.